The lowest BCUT2D eigenvalue weighted by molar-refractivity contribution is 0.440. The minimum absolute atomic E-state index is 0.448. The Morgan fingerprint density at radius 2 is 2.40 bits per heavy atom. The SMILES string of the molecule is NC(CF)c1ccc(Br)s1. The van der Waals surface area contributed by atoms with Crippen LogP contribution in [0.1, 0.15) is 10.9 Å². The summed E-state index contributed by atoms with van der Waals surface area (Å²) in [6.45, 7) is -0.493. The first-order valence-corrected chi connectivity index (χ1v) is 4.41. The molecule has 1 aromatic heterocycles. The third kappa shape index (κ3) is 1.78. The van der Waals surface area contributed by atoms with E-state index in [9.17, 15) is 4.39 Å². The molecule has 1 aromatic rings. The van der Waals surface area contributed by atoms with Gasteiger partial charge < -0.3 is 5.73 Å². The lowest BCUT2D eigenvalue weighted by Crippen LogP contribution is -2.09. The van der Waals surface area contributed by atoms with Gasteiger partial charge in [-0.25, -0.2) is 4.39 Å². The van der Waals surface area contributed by atoms with Gasteiger partial charge in [-0.3, -0.25) is 0 Å². The largest absolute Gasteiger partial charge is 0.321 e. The van der Waals surface area contributed by atoms with E-state index in [4.69, 9.17) is 5.73 Å². The molecule has 1 nitrogen and oxygen atoms in total. The van der Waals surface area contributed by atoms with E-state index >= 15 is 0 Å². The van der Waals surface area contributed by atoms with Gasteiger partial charge in [0, 0.05) is 4.88 Å². The fourth-order valence-corrected chi connectivity index (χ4v) is 2.01. The van der Waals surface area contributed by atoms with Gasteiger partial charge in [0.15, 0.2) is 0 Å². The summed E-state index contributed by atoms with van der Waals surface area (Å²) in [6.07, 6.45) is 0. The summed E-state index contributed by atoms with van der Waals surface area (Å²) in [5.74, 6) is 0. The predicted molar refractivity (Wildman–Crippen MR) is 44.9 cm³/mol. The van der Waals surface area contributed by atoms with Gasteiger partial charge in [0.1, 0.15) is 6.67 Å². The van der Waals surface area contributed by atoms with E-state index < -0.39 is 12.7 Å². The molecule has 1 heterocycles. The van der Waals surface area contributed by atoms with Gasteiger partial charge in [0.05, 0.1) is 9.83 Å². The molecule has 0 amide bonds. The molecule has 0 saturated heterocycles. The van der Waals surface area contributed by atoms with Crippen molar-refractivity contribution in [3.63, 3.8) is 0 Å². The average molecular weight is 224 g/mol. The lowest BCUT2D eigenvalue weighted by Gasteiger charge is -2.00. The Morgan fingerprint density at radius 1 is 1.70 bits per heavy atom. The molecule has 0 aliphatic carbocycles. The minimum Gasteiger partial charge on any atom is -0.321 e. The Labute approximate surface area is 71.2 Å². The van der Waals surface area contributed by atoms with Crippen molar-refractivity contribution in [2.45, 2.75) is 6.04 Å². The molecule has 0 aliphatic rings. The summed E-state index contributed by atoms with van der Waals surface area (Å²) in [6, 6.07) is 3.26. The molecule has 1 unspecified atom stereocenters. The van der Waals surface area contributed by atoms with Gasteiger partial charge in [-0.2, -0.15) is 0 Å². The molecule has 0 radical (unpaired) electrons. The zero-order valence-corrected chi connectivity index (χ0v) is 7.58. The van der Waals surface area contributed by atoms with Crippen molar-refractivity contribution in [1.82, 2.24) is 0 Å². The molecule has 0 aliphatic heterocycles. The maximum atomic E-state index is 11.9. The molecule has 0 fully saturated rings. The van der Waals surface area contributed by atoms with Crippen LogP contribution in [-0.4, -0.2) is 6.67 Å². The Hall–Kier alpha value is 0.0700. The first-order valence-electron chi connectivity index (χ1n) is 2.81. The van der Waals surface area contributed by atoms with Crippen molar-refractivity contribution in [1.29, 1.82) is 0 Å². The highest BCUT2D eigenvalue weighted by atomic mass is 79.9. The minimum atomic E-state index is -0.493. The van der Waals surface area contributed by atoms with E-state index in [0.29, 0.717) is 0 Å². The normalized spacial score (nSPS) is 13.5. The quantitative estimate of drug-likeness (QED) is 0.820. The van der Waals surface area contributed by atoms with Crippen LogP contribution in [0.3, 0.4) is 0 Å². The third-order valence-electron chi connectivity index (χ3n) is 1.13. The Bertz CT molecular complexity index is 213. The number of hydrogen-bond donors (Lipinski definition) is 1. The first kappa shape index (κ1) is 8.17. The van der Waals surface area contributed by atoms with E-state index in [1.165, 1.54) is 11.3 Å². The Balaban J connectivity index is 2.74. The highest BCUT2D eigenvalue weighted by Crippen LogP contribution is 2.26. The van der Waals surface area contributed by atoms with Crippen LogP contribution >= 0.6 is 27.3 Å². The van der Waals surface area contributed by atoms with Crippen LogP contribution < -0.4 is 5.73 Å². The molecule has 10 heavy (non-hydrogen) atoms. The van der Waals surface area contributed by atoms with Crippen LogP contribution in [0.4, 0.5) is 4.39 Å². The summed E-state index contributed by atoms with van der Waals surface area (Å²) in [4.78, 5) is 0.884. The highest BCUT2D eigenvalue weighted by molar-refractivity contribution is 9.11. The van der Waals surface area contributed by atoms with Crippen LogP contribution in [0.2, 0.25) is 0 Å². The van der Waals surface area contributed by atoms with Crippen LogP contribution in [0.15, 0.2) is 15.9 Å². The number of halogens is 2. The topological polar surface area (TPSA) is 26.0 Å². The second-order valence-electron chi connectivity index (χ2n) is 1.90. The molecule has 0 bridgehead atoms. The average Bonchev–Trinajstić information content (AvgIpc) is 2.34. The van der Waals surface area contributed by atoms with Crippen molar-refractivity contribution >= 4 is 27.3 Å². The number of hydrogen-bond acceptors (Lipinski definition) is 2. The van der Waals surface area contributed by atoms with E-state index in [1.807, 2.05) is 12.1 Å². The molecule has 0 saturated carbocycles. The summed E-state index contributed by atoms with van der Waals surface area (Å²) >= 11 is 4.74. The molecular weight excluding hydrogens is 217 g/mol. The zero-order chi connectivity index (χ0) is 7.56. The first-order chi connectivity index (χ1) is 4.74. The Morgan fingerprint density at radius 3 is 2.80 bits per heavy atom. The fourth-order valence-electron chi connectivity index (χ4n) is 0.604. The summed E-state index contributed by atoms with van der Waals surface area (Å²) in [5, 5.41) is 0. The zero-order valence-electron chi connectivity index (χ0n) is 5.18. The van der Waals surface area contributed by atoms with E-state index in [1.54, 1.807) is 0 Å². The number of nitrogens with two attached hydrogens (primary N) is 1. The van der Waals surface area contributed by atoms with Crippen LogP contribution in [-0.2, 0) is 0 Å². The molecular formula is C6H7BrFNS. The van der Waals surface area contributed by atoms with Crippen molar-refractivity contribution in [3.8, 4) is 0 Å². The summed E-state index contributed by atoms with van der Waals surface area (Å²) in [7, 11) is 0. The van der Waals surface area contributed by atoms with Crippen LogP contribution in [0.5, 0.6) is 0 Å². The van der Waals surface area contributed by atoms with Gasteiger partial charge in [-0.05, 0) is 28.1 Å². The second kappa shape index (κ2) is 3.46. The molecule has 0 spiro atoms. The second-order valence-corrected chi connectivity index (χ2v) is 4.40. The van der Waals surface area contributed by atoms with Gasteiger partial charge in [-0.1, -0.05) is 0 Å². The summed E-state index contributed by atoms with van der Waals surface area (Å²) < 4.78 is 12.9. The molecule has 1 atom stereocenters. The number of rotatable bonds is 2. The molecule has 56 valence electrons. The van der Waals surface area contributed by atoms with Gasteiger partial charge >= 0.3 is 0 Å². The van der Waals surface area contributed by atoms with Crippen LogP contribution in [0.25, 0.3) is 0 Å². The third-order valence-corrected chi connectivity index (χ3v) is 2.88. The Kier molecular flexibility index (Phi) is 2.82. The molecule has 4 heteroatoms. The monoisotopic (exact) mass is 223 g/mol. The van der Waals surface area contributed by atoms with Crippen molar-refractivity contribution in [3.05, 3.63) is 20.8 Å². The standard InChI is InChI=1S/C6H7BrFNS/c7-6-2-1-5(10-6)4(9)3-8/h1-2,4H,3,9H2. The lowest BCUT2D eigenvalue weighted by atomic mass is 10.3. The fraction of sp³-hybridized carbons (Fsp3) is 0.333. The van der Waals surface area contributed by atoms with E-state index in [2.05, 4.69) is 15.9 Å². The van der Waals surface area contributed by atoms with Crippen molar-refractivity contribution in [2.24, 2.45) is 5.73 Å². The van der Waals surface area contributed by atoms with Gasteiger partial charge in [0.25, 0.3) is 0 Å². The maximum Gasteiger partial charge on any atom is 0.109 e. The molecule has 2 N–H and O–H groups in total. The van der Waals surface area contributed by atoms with E-state index in [0.717, 1.165) is 8.66 Å². The summed E-state index contributed by atoms with van der Waals surface area (Å²) in [5.41, 5.74) is 5.42. The van der Waals surface area contributed by atoms with E-state index in [-0.39, 0.29) is 0 Å². The van der Waals surface area contributed by atoms with Gasteiger partial charge in [0.2, 0.25) is 0 Å². The number of thiophene rings is 1. The molecule has 0 aromatic carbocycles. The van der Waals surface area contributed by atoms with Crippen molar-refractivity contribution < 1.29 is 4.39 Å². The van der Waals surface area contributed by atoms with Crippen molar-refractivity contribution in [2.75, 3.05) is 6.67 Å². The van der Waals surface area contributed by atoms with Crippen LogP contribution in [0, 0.1) is 0 Å². The smallest absolute Gasteiger partial charge is 0.109 e. The maximum absolute atomic E-state index is 11.9. The molecule has 1 rings (SSSR count). The van der Waals surface area contributed by atoms with Gasteiger partial charge in [-0.15, -0.1) is 11.3 Å². The predicted octanol–water partition coefficient (Wildman–Crippen LogP) is 2.48. The highest BCUT2D eigenvalue weighted by Gasteiger charge is 2.06. The number of alkyl halides is 1.